The Morgan fingerprint density at radius 2 is 2.16 bits per heavy atom. The summed E-state index contributed by atoms with van der Waals surface area (Å²) in [5.41, 5.74) is 0.696. The molecule has 3 rings (SSSR count). The predicted molar refractivity (Wildman–Crippen MR) is 96.9 cm³/mol. The second-order valence-electron chi connectivity index (χ2n) is 6.57. The summed E-state index contributed by atoms with van der Waals surface area (Å²) in [7, 11) is 0. The summed E-state index contributed by atoms with van der Waals surface area (Å²) in [6.07, 6.45) is 6.92. The minimum absolute atomic E-state index is 0.0635. The van der Waals surface area contributed by atoms with Gasteiger partial charge in [0.2, 0.25) is 17.7 Å². The quantitative estimate of drug-likeness (QED) is 0.713. The zero-order valence-electron chi connectivity index (χ0n) is 14.5. The van der Waals surface area contributed by atoms with E-state index in [1.165, 1.54) is 0 Å². The third-order valence-corrected chi connectivity index (χ3v) is 4.70. The van der Waals surface area contributed by atoms with Crippen molar-refractivity contribution in [1.29, 1.82) is 0 Å². The van der Waals surface area contributed by atoms with Crippen LogP contribution in [-0.4, -0.2) is 27.0 Å². The number of halogens is 1. The number of rotatable bonds is 6. The Hall–Kier alpha value is -2.14. The predicted octanol–water partition coefficient (Wildman–Crippen LogP) is 4.48. The van der Waals surface area contributed by atoms with E-state index < -0.39 is 0 Å². The van der Waals surface area contributed by atoms with Crippen LogP contribution in [0.15, 0.2) is 40.8 Å². The monoisotopic (exact) mass is 359 g/mol. The van der Waals surface area contributed by atoms with E-state index in [1.807, 2.05) is 32.0 Å². The van der Waals surface area contributed by atoms with Gasteiger partial charge in [0, 0.05) is 12.5 Å². The molecule has 0 fully saturated rings. The van der Waals surface area contributed by atoms with Crippen molar-refractivity contribution < 1.29 is 9.21 Å². The Morgan fingerprint density at radius 1 is 1.36 bits per heavy atom. The van der Waals surface area contributed by atoms with Crippen molar-refractivity contribution in [3.63, 3.8) is 0 Å². The number of nitrogens with zero attached hydrogens (tertiary/aromatic N) is 3. The Labute approximate surface area is 152 Å². The van der Waals surface area contributed by atoms with Crippen LogP contribution >= 0.6 is 11.6 Å². The first-order valence-corrected chi connectivity index (χ1v) is 8.96. The highest BCUT2D eigenvalue weighted by atomic mass is 35.5. The van der Waals surface area contributed by atoms with E-state index in [4.69, 9.17) is 16.0 Å². The summed E-state index contributed by atoms with van der Waals surface area (Å²) in [6, 6.07) is 7.38. The second kappa shape index (κ2) is 7.83. The zero-order valence-corrected chi connectivity index (χ0v) is 15.2. The fraction of sp³-hybridized carbons (Fsp3) is 0.421. The van der Waals surface area contributed by atoms with Gasteiger partial charge in [0.05, 0.1) is 17.1 Å². The van der Waals surface area contributed by atoms with Gasteiger partial charge in [-0.05, 0) is 44.7 Å². The number of amides is 1. The Morgan fingerprint density at radius 3 is 2.84 bits per heavy atom. The summed E-state index contributed by atoms with van der Waals surface area (Å²) >= 11 is 6.17. The van der Waals surface area contributed by atoms with Crippen LogP contribution in [0, 0.1) is 5.92 Å². The molecule has 0 radical (unpaired) electrons. The molecule has 0 bridgehead atoms. The molecule has 5 nitrogen and oxygen atoms in total. The van der Waals surface area contributed by atoms with Crippen molar-refractivity contribution in [2.75, 3.05) is 0 Å². The molecule has 6 heteroatoms. The molecule has 132 valence electrons. The smallest absolute Gasteiger partial charge is 0.249 e. The molecule has 1 aliphatic rings. The largest absolute Gasteiger partial charge is 0.419 e. The first kappa shape index (κ1) is 17.7. The van der Waals surface area contributed by atoms with Crippen LogP contribution in [0.1, 0.15) is 39.0 Å². The summed E-state index contributed by atoms with van der Waals surface area (Å²) < 4.78 is 5.74. The fourth-order valence-electron chi connectivity index (χ4n) is 2.97. The highest BCUT2D eigenvalue weighted by molar-refractivity contribution is 6.33. The normalized spacial score (nSPS) is 16.6. The lowest BCUT2D eigenvalue weighted by Gasteiger charge is -2.26. The van der Waals surface area contributed by atoms with E-state index in [-0.39, 0.29) is 11.9 Å². The lowest BCUT2D eigenvalue weighted by Crippen LogP contribution is -2.37. The SMILES string of the molecule is CC(C)N(Cc1nnc(-c2ccccc2Cl)o1)C(=O)CC1C=CCC1. The highest BCUT2D eigenvalue weighted by Crippen LogP contribution is 2.27. The number of allylic oxidation sites excluding steroid dienone is 2. The fourth-order valence-corrected chi connectivity index (χ4v) is 3.19. The minimum Gasteiger partial charge on any atom is -0.419 e. The zero-order chi connectivity index (χ0) is 17.8. The summed E-state index contributed by atoms with van der Waals surface area (Å²) in [5, 5.41) is 8.72. The van der Waals surface area contributed by atoms with E-state index >= 15 is 0 Å². The number of carbonyl (C=O) groups is 1. The first-order chi connectivity index (χ1) is 12.0. The van der Waals surface area contributed by atoms with E-state index in [2.05, 4.69) is 22.3 Å². The number of hydrogen-bond donors (Lipinski definition) is 0. The highest BCUT2D eigenvalue weighted by Gasteiger charge is 2.23. The molecule has 0 spiro atoms. The van der Waals surface area contributed by atoms with Gasteiger partial charge in [0.1, 0.15) is 0 Å². The third kappa shape index (κ3) is 4.28. The van der Waals surface area contributed by atoms with Crippen LogP contribution in [0.2, 0.25) is 5.02 Å². The lowest BCUT2D eigenvalue weighted by molar-refractivity contribution is -0.134. The van der Waals surface area contributed by atoms with Gasteiger partial charge in [-0.25, -0.2) is 0 Å². The Balaban J connectivity index is 1.71. The molecule has 1 aromatic heterocycles. The topological polar surface area (TPSA) is 59.2 Å². The van der Waals surface area contributed by atoms with Gasteiger partial charge in [0.25, 0.3) is 0 Å². The number of carbonyl (C=O) groups excluding carboxylic acids is 1. The third-order valence-electron chi connectivity index (χ3n) is 4.37. The van der Waals surface area contributed by atoms with Gasteiger partial charge in [-0.15, -0.1) is 10.2 Å². The van der Waals surface area contributed by atoms with Crippen molar-refractivity contribution in [2.24, 2.45) is 5.92 Å². The van der Waals surface area contributed by atoms with Gasteiger partial charge in [-0.1, -0.05) is 35.9 Å². The summed E-state index contributed by atoms with van der Waals surface area (Å²) in [5.74, 6) is 1.24. The van der Waals surface area contributed by atoms with Crippen LogP contribution < -0.4 is 0 Å². The van der Waals surface area contributed by atoms with E-state index in [0.29, 0.717) is 41.3 Å². The second-order valence-corrected chi connectivity index (χ2v) is 6.97. The molecule has 1 amide bonds. The van der Waals surface area contributed by atoms with Crippen molar-refractivity contribution in [1.82, 2.24) is 15.1 Å². The molecular formula is C19H22ClN3O2. The first-order valence-electron chi connectivity index (χ1n) is 8.58. The van der Waals surface area contributed by atoms with Gasteiger partial charge < -0.3 is 9.32 Å². The molecule has 1 aliphatic carbocycles. The van der Waals surface area contributed by atoms with Crippen LogP contribution in [0.25, 0.3) is 11.5 Å². The molecule has 1 atom stereocenters. The standard InChI is InChI=1S/C19H22ClN3O2/c1-13(2)23(18(24)11-14-7-3-4-8-14)12-17-21-22-19(25-17)15-9-5-6-10-16(15)20/h3,5-7,9-10,13-14H,4,8,11-12H2,1-2H3. The van der Waals surface area contributed by atoms with Crippen molar-refractivity contribution in [3.8, 4) is 11.5 Å². The van der Waals surface area contributed by atoms with E-state index in [1.54, 1.807) is 11.0 Å². The summed E-state index contributed by atoms with van der Waals surface area (Å²) in [6.45, 7) is 4.30. The maximum Gasteiger partial charge on any atom is 0.249 e. The van der Waals surface area contributed by atoms with Crippen LogP contribution in [0.3, 0.4) is 0 Å². The molecule has 25 heavy (non-hydrogen) atoms. The van der Waals surface area contributed by atoms with Crippen molar-refractivity contribution in [2.45, 2.75) is 45.7 Å². The van der Waals surface area contributed by atoms with Crippen LogP contribution in [0.5, 0.6) is 0 Å². The molecule has 0 aliphatic heterocycles. The minimum atomic E-state index is 0.0635. The molecule has 1 unspecified atom stereocenters. The average molecular weight is 360 g/mol. The van der Waals surface area contributed by atoms with Crippen molar-refractivity contribution in [3.05, 3.63) is 47.3 Å². The van der Waals surface area contributed by atoms with E-state index in [9.17, 15) is 4.79 Å². The molecule has 2 aromatic rings. The number of aromatic nitrogens is 2. The van der Waals surface area contributed by atoms with Crippen LogP contribution in [-0.2, 0) is 11.3 Å². The van der Waals surface area contributed by atoms with Crippen molar-refractivity contribution >= 4 is 17.5 Å². The lowest BCUT2D eigenvalue weighted by atomic mass is 10.0. The maximum absolute atomic E-state index is 12.7. The molecular weight excluding hydrogens is 338 g/mol. The van der Waals surface area contributed by atoms with Crippen LogP contribution in [0.4, 0.5) is 0 Å². The van der Waals surface area contributed by atoms with Gasteiger partial charge >= 0.3 is 0 Å². The van der Waals surface area contributed by atoms with Gasteiger partial charge in [0.15, 0.2) is 0 Å². The molecule has 0 saturated carbocycles. The molecule has 1 aromatic carbocycles. The van der Waals surface area contributed by atoms with Gasteiger partial charge in [-0.3, -0.25) is 4.79 Å². The van der Waals surface area contributed by atoms with Gasteiger partial charge in [-0.2, -0.15) is 0 Å². The van der Waals surface area contributed by atoms with E-state index in [0.717, 1.165) is 12.8 Å². The number of hydrogen-bond acceptors (Lipinski definition) is 4. The molecule has 0 saturated heterocycles. The average Bonchev–Trinajstić information content (AvgIpc) is 3.24. The molecule has 0 N–H and O–H groups in total. The maximum atomic E-state index is 12.7. The Bertz CT molecular complexity index is 770. The Kier molecular flexibility index (Phi) is 5.53. The summed E-state index contributed by atoms with van der Waals surface area (Å²) in [4.78, 5) is 14.4. The molecule has 1 heterocycles. The number of benzene rings is 1.